The van der Waals surface area contributed by atoms with Crippen molar-refractivity contribution < 1.29 is 4.79 Å². The molecule has 20 heavy (non-hydrogen) atoms. The van der Waals surface area contributed by atoms with Crippen LogP contribution >= 0.6 is 0 Å². The van der Waals surface area contributed by atoms with E-state index in [0.717, 1.165) is 38.1 Å². The highest BCUT2D eigenvalue weighted by molar-refractivity contribution is 5.59. The van der Waals surface area contributed by atoms with Gasteiger partial charge >= 0.3 is 0 Å². The second-order valence-electron chi connectivity index (χ2n) is 6.37. The standard InChI is InChI=1S/C17H24N2O/c18-16-9-8-15(14-4-2-1-3-5-14)11-19(17(16)12-20)10-13-6-7-13/h1-5,12-13,15-17H,6-11,18H2. The predicted octanol–water partition coefficient (Wildman–Crippen LogP) is 2.17. The van der Waals surface area contributed by atoms with E-state index in [1.807, 2.05) is 0 Å². The first-order chi connectivity index (χ1) is 9.78. The van der Waals surface area contributed by atoms with E-state index in [4.69, 9.17) is 5.73 Å². The van der Waals surface area contributed by atoms with Crippen molar-refractivity contribution in [3.8, 4) is 0 Å². The van der Waals surface area contributed by atoms with Gasteiger partial charge in [0.2, 0.25) is 0 Å². The summed E-state index contributed by atoms with van der Waals surface area (Å²) in [5.41, 5.74) is 7.62. The molecule has 1 aromatic rings. The van der Waals surface area contributed by atoms with Crippen LogP contribution in [-0.4, -0.2) is 36.4 Å². The molecule has 1 heterocycles. The number of nitrogens with zero attached hydrogens (tertiary/aromatic N) is 1. The lowest BCUT2D eigenvalue weighted by molar-refractivity contribution is -0.113. The quantitative estimate of drug-likeness (QED) is 0.855. The first-order valence-electron chi connectivity index (χ1n) is 7.78. The van der Waals surface area contributed by atoms with Crippen molar-refractivity contribution in [2.75, 3.05) is 13.1 Å². The van der Waals surface area contributed by atoms with Crippen LogP contribution < -0.4 is 5.73 Å². The van der Waals surface area contributed by atoms with E-state index in [0.29, 0.717) is 5.92 Å². The smallest absolute Gasteiger partial charge is 0.138 e. The molecule has 3 rings (SSSR count). The van der Waals surface area contributed by atoms with Crippen LogP contribution in [0.15, 0.2) is 30.3 Å². The lowest BCUT2D eigenvalue weighted by atomic mass is 9.93. The lowest BCUT2D eigenvalue weighted by Crippen LogP contribution is -2.48. The van der Waals surface area contributed by atoms with Gasteiger partial charge in [0.25, 0.3) is 0 Å². The predicted molar refractivity (Wildman–Crippen MR) is 80.5 cm³/mol. The van der Waals surface area contributed by atoms with Gasteiger partial charge in [0.05, 0.1) is 6.04 Å². The molecule has 0 amide bonds. The Labute approximate surface area is 121 Å². The summed E-state index contributed by atoms with van der Waals surface area (Å²) in [6.45, 7) is 2.01. The van der Waals surface area contributed by atoms with E-state index in [1.165, 1.54) is 18.4 Å². The van der Waals surface area contributed by atoms with Crippen LogP contribution in [0.1, 0.15) is 37.2 Å². The number of aldehydes is 1. The van der Waals surface area contributed by atoms with Crippen LogP contribution in [0.5, 0.6) is 0 Å². The fourth-order valence-electron chi connectivity index (χ4n) is 3.34. The molecule has 3 nitrogen and oxygen atoms in total. The van der Waals surface area contributed by atoms with Gasteiger partial charge in [-0.3, -0.25) is 4.90 Å². The van der Waals surface area contributed by atoms with Crippen molar-refractivity contribution in [3.05, 3.63) is 35.9 Å². The molecular weight excluding hydrogens is 248 g/mol. The van der Waals surface area contributed by atoms with Gasteiger partial charge in [-0.25, -0.2) is 0 Å². The normalized spacial score (nSPS) is 31.8. The van der Waals surface area contributed by atoms with Crippen molar-refractivity contribution in [1.82, 2.24) is 4.90 Å². The fourth-order valence-corrected chi connectivity index (χ4v) is 3.34. The van der Waals surface area contributed by atoms with Gasteiger partial charge in [-0.05, 0) is 43.1 Å². The Morgan fingerprint density at radius 3 is 2.55 bits per heavy atom. The Kier molecular flexibility index (Phi) is 4.18. The molecule has 3 unspecified atom stereocenters. The molecule has 0 aromatic heterocycles. The number of carbonyl (C=O) groups excluding carboxylic acids is 1. The van der Waals surface area contributed by atoms with Crippen LogP contribution in [0.25, 0.3) is 0 Å². The van der Waals surface area contributed by atoms with Gasteiger partial charge in [0.15, 0.2) is 0 Å². The maximum absolute atomic E-state index is 11.5. The summed E-state index contributed by atoms with van der Waals surface area (Å²) in [4.78, 5) is 13.8. The number of benzene rings is 1. The fraction of sp³-hybridized carbons (Fsp3) is 0.588. The zero-order chi connectivity index (χ0) is 13.9. The topological polar surface area (TPSA) is 46.3 Å². The molecule has 108 valence electrons. The van der Waals surface area contributed by atoms with E-state index in [9.17, 15) is 4.79 Å². The molecule has 2 aliphatic rings. The third kappa shape index (κ3) is 3.10. The Morgan fingerprint density at radius 2 is 1.90 bits per heavy atom. The SMILES string of the molecule is NC1CCC(c2ccccc2)CN(CC2CC2)C1C=O. The second-order valence-corrected chi connectivity index (χ2v) is 6.37. The number of likely N-dealkylation sites (tertiary alicyclic amines) is 1. The van der Waals surface area contributed by atoms with Gasteiger partial charge in [-0.2, -0.15) is 0 Å². The molecule has 2 N–H and O–H groups in total. The van der Waals surface area contributed by atoms with Gasteiger partial charge in [-0.15, -0.1) is 0 Å². The third-order valence-corrected chi connectivity index (χ3v) is 4.76. The average molecular weight is 272 g/mol. The van der Waals surface area contributed by atoms with Gasteiger partial charge in [0, 0.05) is 19.1 Å². The molecule has 3 atom stereocenters. The molecule has 1 saturated carbocycles. The Morgan fingerprint density at radius 1 is 1.15 bits per heavy atom. The monoisotopic (exact) mass is 272 g/mol. The molecule has 2 fully saturated rings. The Bertz CT molecular complexity index is 444. The van der Waals surface area contributed by atoms with Gasteiger partial charge in [-0.1, -0.05) is 30.3 Å². The molecule has 0 radical (unpaired) electrons. The third-order valence-electron chi connectivity index (χ3n) is 4.76. The van der Waals surface area contributed by atoms with Crippen molar-refractivity contribution in [1.29, 1.82) is 0 Å². The molecule has 1 aliphatic carbocycles. The largest absolute Gasteiger partial charge is 0.326 e. The summed E-state index contributed by atoms with van der Waals surface area (Å²) in [5, 5.41) is 0. The van der Waals surface area contributed by atoms with Crippen LogP contribution in [0, 0.1) is 5.92 Å². The van der Waals surface area contributed by atoms with E-state index in [-0.39, 0.29) is 12.1 Å². The van der Waals surface area contributed by atoms with Crippen molar-refractivity contribution in [3.63, 3.8) is 0 Å². The second kappa shape index (κ2) is 6.06. The summed E-state index contributed by atoms with van der Waals surface area (Å²) < 4.78 is 0. The molecule has 0 bridgehead atoms. The number of nitrogens with two attached hydrogens (primary N) is 1. The highest BCUT2D eigenvalue weighted by Crippen LogP contribution is 2.34. The summed E-state index contributed by atoms with van der Waals surface area (Å²) in [6.07, 6.45) is 5.71. The molecular formula is C17H24N2O. The maximum Gasteiger partial charge on any atom is 0.138 e. The minimum Gasteiger partial charge on any atom is -0.326 e. The first-order valence-corrected chi connectivity index (χ1v) is 7.78. The minimum atomic E-state index is -0.0932. The average Bonchev–Trinajstić information content (AvgIpc) is 3.29. The summed E-state index contributed by atoms with van der Waals surface area (Å²) in [7, 11) is 0. The van der Waals surface area contributed by atoms with E-state index < -0.39 is 0 Å². The van der Waals surface area contributed by atoms with Crippen LogP contribution in [-0.2, 0) is 4.79 Å². The van der Waals surface area contributed by atoms with Gasteiger partial charge < -0.3 is 10.5 Å². The minimum absolute atomic E-state index is 0.0139. The molecule has 1 aliphatic heterocycles. The van der Waals surface area contributed by atoms with E-state index in [1.54, 1.807) is 0 Å². The van der Waals surface area contributed by atoms with Gasteiger partial charge in [0.1, 0.15) is 6.29 Å². The molecule has 0 spiro atoms. The summed E-state index contributed by atoms with van der Waals surface area (Å²) >= 11 is 0. The van der Waals surface area contributed by atoms with Crippen molar-refractivity contribution >= 4 is 6.29 Å². The highest BCUT2D eigenvalue weighted by Gasteiger charge is 2.34. The summed E-state index contributed by atoms with van der Waals surface area (Å²) in [5.74, 6) is 1.30. The molecule has 1 aromatic carbocycles. The zero-order valence-electron chi connectivity index (χ0n) is 11.9. The lowest BCUT2D eigenvalue weighted by Gasteiger charge is -2.30. The number of carbonyl (C=O) groups is 1. The molecule has 1 saturated heterocycles. The Balaban J connectivity index is 1.78. The maximum atomic E-state index is 11.5. The first kappa shape index (κ1) is 13.8. The molecule has 3 heteroatoms. The van der Waals surface area contributed by atoms with Crippen LogP contribution in [0.4, 0.5) is 0 Å². The number of hydrogen-bond acceptors (Lipinski definition) is 3. The van der Waals surface area contributed by atoms with Crippen molar-refractivity contribution in [2.45, 2.75) is 43.7 Å². The highest BCUT2D eigenvalue weighted by atomic mass is 16.1. The van der Waals surface area contributed by atoms with E-state index in [2.05, 4.69) is 35.2 Å². The van der Waals surface area contributed by atoms with Crippen LogP contribution in [0.3, 0.4) is 0 Å². The number of hydrogen-bond donors (Lipinski definition) is 1. The zero-order valence-corrected chi connectivity index (χ0v) is 11.9. The Hall–Kier alpha value is -1.19. The number of rotatable bonds is 4. The summed E-state index contributed by atoms with van der Waals surface area (Å²) in [6, 6.07) is 10.6. The van der Waals surface area contributed by atoms with E-state index >= 15 is 0 Å². The van der Waals surface area contributed by atoms with Crippen molar-refractivity contribution in [2.24, 2.45) is 11.7 Å². The van der Waals surface area contributed by atoms with Crippen LogP contribution in [0.2, 0.25) is 0 Å².